The number of urea groups is 1. The van der Waals surface area contributed by atoms with Crippen LogP contribution in [0.3, 0.4) is 0 Å². The molecule has 0 heterocycles. The van der Waals surface area contributed by atoms with E-state index in [9.17, 15) is 9.59 Å². The average molecular weight is 239 g/mol. The fraction of sp³-hybridized carbons (Fsp3) is 0.200. The van der Waals surface area contributed by atoms with Crippen molar-refractivity contribution in [2.24, 2.45) is 11.5 Å². The number of phenolic OH excluding ortho intramolecular Hbond substituents is 1. The number of phenols is 1. The van der Waals surface area contributed by atoms with Crippen molar-refractivity contribution >= 4 is 12.0 Å². The maximum Gasteiger partial charge on any atom is 0.349 e. The molecule has 0 unspecified atom stereocenters. The molecule has 1 aromatic carbocycles. The predicted octanol–water partition coefficient (Wildman–Crippen LogP) is -0.611. The van der Waals surface area contributed by atoms with Crippen molar-refractivity contribution in [3.8, 4) is 5.75 Å². The van der Waals surface area contributed by atoms with Crippen molar-refractivity contribution < 1.29 is 19.5 Å². The molecule has 6 N–H and O–H groups in total. The molecule has 0 aliphatic carbocycles. The van der Waals surface area contributed by atoms with E-state index in [1.54, 1.807) is 17.6 Å². The molecule has 1 aromatic rings. The van der Waals surface area contributed by atoms with Crippen LogP contribution >= 0.6 is 0 Å². The number of nitrogens with one attached hydrogen (secondary N) is 1. The van der Waals surface area contributed by atoms with Gasteiger partial charge in [-0.3, -0.25) is 0 Å². The maximum absolute atomic E-state index is 11.3. The van der Waals surface area contributed by atoms with Gasteiger partial charge in [-0.25, -0.2) is 9.59 Å². The quantitative estimate of drug-likeness (QED) is 0.523. The van der Waals surface area contributed by atoms with Crippen LogP contribution in [0.15, 0.2) is 24.3 Å². The number of hydrogen-bond donors (Lipinski definition) is 4. The van der Waals surface area contributed by atoms with Gasteiger partial charge in [-0.15, -0.1) is 0 Å². The highest BCUT2D eigenvalue weighted by Crippen LogP contribution is 2.10. The molecule has 0 aliphatic rings. The Morgan fingerprint density at radius 2 is 1.94 bits per heavy atom. The van der Waals surface area contributed by atoms with E-state index in [1.165, 1.54) is 12.1 Å². The molecule has 0 spiro atoms. The van der Waals surface area contributed by atoms with Crippen molar-refractivity contribution in [1.29, 1.82) is 0 Å². The second-order valence-electron chi connectivity index (χ2n) is 3.36. The first kappa shape index (κ1) is 12.8. The number of aromatic hydroxyl groups is 1. The molecular formula is C10H13N3O4. The molecule has 0 aromatic heterocycles. The predicted molar refractivity (Wildman–Crippen MR) is 58.6 cm³/mol. The van der Waals surface area contributed by atoms with Crippen molar-refractivity contribution in [3.05, 3.63) is 29.8 Å². The molecule has 7 heteroatoms. The van der Waals surface area contributed by atoms with Crippen LogP contribution in [-0.4, -0.2) is 23.1 Å². The summed E-state index contributed by atoms with van der Waals surface area (Å²) in [6, 6.07) is 4.32. The molecule has 0 bridgehead atoms. The first-order chi connectivity index (χ1) is 7.99. The summed E-state index contributed by atoms with van der Waals surface area (Å²) in [4.78, 5) is 25.9. The second kappa shape index (κ2) is 5.71. The molecular weight excluding hydrogens is 226 g/mol. The topological polar surface area (TPSA) is 128 Å². The van der Waals surface area contributed by atoms with E-state index >= 15 is 0 Å². The summed E-state index contributed by atoms with van der Waals surface area (Å²) in [6.07, 6.45) is 0.222. The van der Waals surface area contributed by atoms with Gasteiger partial charge in [0, 0.05) is 0 Å². The Bertz CT molecular complexity index is 405. The number of amides is 2. The number of hydrogen-bond acceptors (Lipinski definition) is 5. The van der Waals surface area contributed by atoms with Gasteiger partial charge >= 0.3 is 12.0 Å². The summed E-state index contributed by atoms with van der Waals surface area (Å²) < 4.78 is 0. The molecule has 0 aliphatic heterocycles. The average Bonchev–Trinajstić information content (AvgIpc) is 2.28. The molecule has 0 fully saturated rings. The molecule has 1 rings (SSSR count). The van der Waals surface area contributed by atoms with Gasteiger partial charge in [0.25, 0.3) is 0 Å². The van der Waals surface area contributed by atoms with Gasteiger partial charge in [0.05, 0.1) is 0 Å². The van der Waals surface area contributed by atoms with E-state index in [-0.39, 0.29) is 12.2 Å². The van der Waals surface area contributed by atoms with Gasteiger partial charge in [-0.2, -0.15) is 5.48 Å². The summed E-state index contributed by atoms with van der Waals surface area (Å²) >= 11 is 0. The molecule has 7 nitrogen and oxygen atoms in total. The number of carbonyl (C=O) groups excluding carboxylic acids is 2. The number of benzene rings is 1. The van der Waals surface area contributed by atoms with Crippen molar-refractivity contribution in [2.45, 2.75) is 12.5 Å². The molecule has 92 valence electrons. The van der Waals surface area contributed by atoms with Gasteiger partial charge in [-0.1, -0.05) is 12.1 Å². The van der Waals surface area contributed by atoms with Gasteiger partial charge in [0.2, 0.25) is 0 Å². The first-order valence-electron chi connectivity index (χ1n) is 4.78. The Kier molecular flexibility index (Phi) is 4.29. The number of rotatable bonds is 3. The van der Waals surface area contributed by atoms with Crippen molar-refractivity contribution in [1.82, 2.24) is 5.48 Å². The first-order valence-corrected chi connectivity index (χ1v) is 4.78. The highest BCUT2D eigenvalue weighted by atomic mass is 16.7. The van der Waals surface area contributed by atoms with Gasteiger partial charge in [-0.05, 0) is 24.1 Å². The van der Waals surface area contributed by atoms with Gasteiger partial charge in [0.15, 0.2) is 0 Å². The van der Waals surface area contributed by atoms with Crippen molar-refractivity contribution in [3.63, 3.8) is 0 Å². The van der Waals surface area contributed by atoms with Crippen LogP contribution < -0.4 is 16.9 Å². The van der Waals surface area contributed by atoms with Crippen LogP contribution in [0.25, 0.3) is 0 Å². The monoisotopic (exact) mass is 239 g/mol. The fourth-order valence-electron chi connectivity index (χ4n) is 1.15. The summed E-state index contributed by atoms with van der Waals surface area (Å²) in [7, 11) is 0. The Morgan fingerprint density at radius 1 is 1.35 bits per heavy atom. The third-order valence-corrected chi connectivity index (χ3v) is 1.95. The summed E-state index contributed by atoms with van der Waals surface area (Å²) in [5.74, 6) is -0.669. The minimum absolute atomic E-state index is 0.125. The highest BCUT2D eigenvalue weighted by molar-refractivity contribution is 5.78. The molecule has 0 radical (unpaired) electrons. The smallest absolute Gasteiger partial charge is 0.349 e. The molecule has 17 heavy (non-hydrogen) atoms. The van der Waals surface area contributed by atoms with E-state index in [0.29, 0.717) is 0 Å². The number of hydroxylamine groups is 1. The van der Waals surface area contributed by atoms with Crippen LogP contribution in [0.1, 0.15) is 5.56 Å². The zero-order valence-electron chi connectivity index (χ0n) is 8.92. The van der Waals surface area contributed by atoms with E-state index in [2.05, 4.69) is 4.84 Å². The lowest BCUT2D eigenvalue weighted by Gasteiger charge is -2.10. The Morgan fingerprint density at radius 3 is 2.47 bits per heavy atom. The van der Waals surface area contributed by atoms with Crippen LogP contribution in [0.5, 0.6) is 5.75 Å². The largest absolute Gasteiger partial charge is 0.508 e. The van der Waals surface area contributed by atoms with E-state index in [1.807, 2.05) is 0 Å². The second-order valence-corrected chi connectivity index (χ2v) is 3.36. The van der Waals surface area contributed by atoms with E-state index in [0.717, 1.165) is 5.56 Å². The van der Waals surface area contributed by atoms with Gasteiger partial charge in [0.1, 0.15) is 11.8 Å². The zero-order valence-corrected chi connectivity index (χ0v) is 8.92. The lowest BCUT2D eigenvalue weighted by Crippen LogP contribution is -2.40. The normalized spacial score (nSPS) is 11.6. The lowest BCUT2D eigenvalue weighted by molar-refractivity contribution is -0.150. The number of nitrogens with two attached hydrogens (primary N) is 2. The van der Waals surface area contributed by atoms with E-state index < -0.39 is 18.0 Å². The van der Waals surface area contributed by atoms with E-state index in [4.69, 9.17) is 16.6 Å². The summed E-state index contributed by atoms with van der Waals surface area (Å²) in [5.41, 5.74) is 12.7. The highest BCUT2D eigenvalue weighted by Gasteiger charge is 2.16. The molecule has 0 saturated heterocycles. The fourth-order valence-corrected chi connectivity index (χ4v) is 1.15. The van der Waals surface area contributed by atoms with Crippen molar-refractivity contribution in [2.75, 3.05) is 0 Å². The van der Waals surface area contributed by atoms with Crippen LogP contribution in [0, 0.1) is 0 Å². The van der Waals surface area contributed by atoms with Crippen LogP contribution in [0.2, 0.25) is 0 Å². The van der Waals surface area contributed by atoms with Gasteiger partial charge < -0.3 is 21.4 Å². The Hall–Kier alpha value is -2.28. The third kappa shape index (κ3) is 4.39. The molecule has 2 amide bonds. The standard InChI is InChI=1S/C10H13N3O4/c11-8(9(15)17-13-10(12)16)5-6-1-3-7(14)4-2-6/h1-4,8,14H,5,11H2,(H3,12,13,16)/t8-/m0/s1. The molecule has 1 atom stereocenters. The lowest BCUT2D eigenvalue weighted by atomic mass is 10.1. The summed E-state index contributed by atoms with van der Waals surface area (Å²) in [5, 5.41) is 9.06. The Balaban J connectivity index is 2.48. The SMILES string of the molecule is NC(=O)NOC(=O)[C@@H](N)Cc1ccc(O)cc1. The number of primary amides is 1. The summed E-state index contributed by atoms with van der Waals surface area (Å²) in [6.45, 7) is 0. The Labute approximate surface area is 97.3 Å². The zero-order chi connectivity index (χ0) is 12.8. The third-order valence-electron chi connectivity index (χ3n) is 1.95. The van der Waals surface area contributed by atoms with Crippen LogP contribution in [0.4, 0.5) is 4.79 Å². The maximum atomic E-state index is 11.3. The molecule has 0 saturated carbocycles. The van der Waals surface area contributed by atoms with Crippen LogP contribution in [-0.2, 0) is 16.1 Å². The number of carbonyl (C=O) groups is 2. The minimum atomic E-state index is -0.977. The minimum Gasteiger partial charge on any atom is -0.508 e.